The SMILES string of the molecule is FC(F)(F)c1ccc2c(c1)C(C(F)(F)F)(C(F)(F)F)c1cc(-c3nccc4ccccc34)[c-]cc1-2.[Ir]. The molecule has 0 N–H and O–H groups in total. The summed E-state index contributed by atoms with van der Waals surface area (Å²) in [6.07, 6.45) is -15.8. The van der Waals surface area contributed by atoms with E-state index < -0.39 is 51.8 Å². The molecule has 0 bridgehead atoms. The summed E-state index contributed by atoms with van der Waals surface area (Å²) < 4.78 is 127. The van der Waals surface area contributed by atoms with Crippen molar-refractivity contribution in [3.8, 4) is 22.4 Å². The maximum Gasteiger partial charge on any atom is 0.416 e. The largest absolute Gasteiger partial charge is 0.416 e. The van der Waals surface area contributed by atoms with E-state index in [1.807, 2.05) is 0 Å². The van der Waals surface area contributed by atoms with Gasteiger partial charge in [0, 0.05) is 26.3 Å². The van der Waals surface area contributed by atoms with Gasteiger partial charge in [-0.3, -0.25) is 0 Å². The summed E-state index contributed by atoms with van der Waals surface area (Å²) in [5.74, 6) is 0. The molecule has 36 heavy (non-hydrogen) atoms. The van der Waals surface area contributed by atoms with Gasteiger partial charge in [-0.1, -0.05) is 53.1 Å². The molecule has 1 nitrogen and oxygen atoms in total. The van der Waals surface area contributed by atoms with Crippen LogP contribution in [0.15, 0.2) is 66.9 Å². The fraction of sp³-hybridized carbons (Fsp3) is 0.160. The molecule has 1 radical (unpaired) electrons. The Hall–Kier alpha value is -2.91. The monoisotopic (exact) mass is 689 g/mol. The number of benzene rings is 3. The van der Waals surface area contributed by atoms with Gasteiger partial charge >= 0.3 is 18.5 Å². The first-order valence-corrected chi connectivity index (χ1v) is 10.0. The Labute approximate surface area is 211 Å². The van der Waals surface area contributed by atoms with Crippen molar-refractivity contribution < 1.29 is 59.6 Å². The van der Waals surface area contributed by atoms with Crippen LogP contribution in [-0.4, -0.2) is 17.3 Å². The van der Waals surface area contributed by atoms with Crippen molar-refractivity contribution in [3.63, 3.8) is 0 Å². The molecule has 0 atom stereocenters. The zero-order valence-corrected chi connectivity index (χ0v) is 19.9. The summed E-state index contributed by atoms with van der Waals surface area (Å²) in [4.78, 5) is 4.13. The molecule has 5 rings (SSSR count). The van der Waals surface area contributed by atoms with Crippen molar-refractivity contribution in [3.05, 3.63) is 89.6 Å². The third kappa shape index (κ3) is 3.63. The minimum absolute atomic E-state index is 0. The van der Waals surface area contributed by atoms with Crippen molar-refractivity contribution in [1.29, 1.82) is 0 Å². The van der Waals surface area contributed by atoms with E-state index in [1.165, 1.54) is 6.20 Å². The molecule has 0 spiro atoms. The first-order valence-electron chi connectivity index (χ1n) is 10.0. The number of hydrogen-bond donors (Lipinski definition) is 0. The zero-order valence-electron chi connectivity index (χ0n) is 17.5. The number of halogens is 9. The van der Waals surface area contributed by atoms with Gasteiger partial charge in [0.1, 0.15) is 0 Å². The van der Waals surface area contributed by atoms with Gasteiger partial charge in [-0.2, -0.15) is 39.5 Å². The van der Waals surface area contributed by atoms with Gasteiger partial charge in [-0.05, 0) is 34.2 Å². The molecular weight excluding hydrogens is 677 g/mol. The van der Waals surface area contributed by atoms with Crippen molar-refractivity contribution in [2.75, 3.05) is 0 Å². The predicted octanol–water partition coefficient (Wildman–Crippen LogP) is 8.11. The van der Waals surface area contributed by atoms with Crippen LogP contribution in [0.25, 0.3) is 33.2 Å². The van der Waals surface area contributed by atoms with Crippen LogP contribution in [0, 0.1) is 6.07 Å². The molecule has 1 heterocycles. The van der Waals surface area contributed by atoms with Crippen LogP contribution in [0.5, 0.6) is 0 Å². The molecule has 0 amide bonds. The van der Waals surface area contributed by atoms with Gasteiger partial charge < -0.3 is 4.98 Å². The van der Waals surface area contributed by atoms with E-state index in [4.69, 9.17) is 0 Å². The topological polar surface area (TPSA) is 12.9 Å². The summed E-state index contributed by atoms with van der Waals surface area (Å²) in [5.41, 5.74) is -10.1. The fourth-order valence-corrected chi connectivity index (χ4v) is 4.68. The molecule has 0 saturated heterocycles. The Bertz CT molecular complexity index is 1450. The van der Waals surface area contributed by atoms with Gasteiger partial charge in [0.15, 0.2) is 5.41 Å². The van der Waals surface area contributed by atoms with Crippen molar-refractivity contribution in [2.24, 2.45) is 0 Å². The van der Waals surface area contributed by atoms with Gasteiger partial charge in [0.25, 0.3) is 0 Å². The van der Waals surface area contributed by atoms with E-state index in [0.29, 0.717) is 29.0 Å². The molecular formula is C25H11F9IrN-. The second-order valence-electron chi connectivity index (χ2n) is 8.06. The Morgan fingerprint density at radius 1 is 0.722 bits per heavy atom. The number of nitrogens with zero attached hydrogens (tertiary/aromatic N) is 1. The van der Waals surface area contributed by atoms with Crippen LogP contribution < -0.4 is 0 Å². The zero-order chi connectivity index (χ0) is 25.4. The minimum Gasteiger partial charge on any atom is -0.304 e. The normalized spacial score (nSPS) is 14.8. The van der Waals surface area contributed by atoms with E-state index in [-0.39, 0.29) is 37.4 Å². The second kappa shape index (κ2) is 8.31. The predicted molar refractivity (Wildman–Crippen MR) is 109 cm³/mol. The molecule has 0 unspecified atom stereocenters. The molecule has 0 saturated carbocycles. The van der Waals surface area contributed by atoms with E-state index in [9.17, 15) is 39.5 Å². The number of alkyl halides is 9. The van der Waals surface area contributed by atoms with Gasteiger partial charge in [0.2, 0.25) is 0 Å². The molecule has 3 aromatic carbocycles. The molecule has 11 heteroatoms. The summed E-state index contributed by atoms with van der Waals surface area (Å²) in [7, 11) is 0. The maximum atomic E-state index is 14.5. The summed E-state index contributed by atoms with van der Waals surface area (Å²) in [6, 6.07) is 13.6. The average molecular weight is 689 g/mol. The molecule has 1 aromatic heterocycles. The van der Waals surface area contributed by atoms with Crippen LogP contribution in [0.1, 0.15) is 16.7 Å². The minimum atomic E-state index is -6.00. The number of pyridine rings is 1. The quantitative estimate of drug-likeness (QED) is 0.146. The average Bonchev–Trinajstić information content (AvgIpc) is 3.08. The third-order valence-electron chi connectivity index (χ3n) is 6.18. The standard InChI is InChI=1S/C25H11F9N.Ir/c26-23(27,28)15-6-8-18-17-7-5-14(21-16-4-2-1-3-13(16)9-10-35-21)11-19(17)22(20(18)12-15,24(29,30)31)25(32,33)34;/h1-4,6-12H;/q-1;. The summed E-state index contributed by atoms with van der Waals surface area (Å²) in [5, 5.41) is 1.10. The first-order chi connectivity index (χ1) is 16.3. The van der Waals surface area contributed by atoms with Crippen molar-refractivity contribution in [1.82, 2.24) is 4.98 Å². The smallest absolute Gasteiger partial charge is 0.304 e. The molecule has 0 fully saturated rings. The molecule has 189 valence electrons. The van der Waals surface area contributed by atoms with Crippen molar-refractivity contribution in [2.45, 2.75) is 23.9 Å². The Balaban J connectivity index is 0.00000304. The van der Waals surface area contributed by atoms with Crippen LogP contribution in [0.4, 0.5) is 39.5 Å². The summed E-state index contributed by atoms with van der Waals surface area (Å²) in [6.45, 7) is 0. The van der Waals surface area contributed by atoms with Gasteiger partial charge in [-0.15, -0.1) is 23.8 Å². The van der Waals surface area contributed by atoms with E-state index in [1.54, 1.807) is 30.3 Å². The van der Waals surface area contributed by atoms with E-state index in [0.717, 1.165) is 6.07 Å². The Morgan fingerprint density at radius 2 is 1.36 bits per heavy atom. The van der Waals surface area contributed by atoms with Crippen molar-refractivity contribution >= 4 is 10.8 Å². The molecule has 1 aliphatic rings. The Kier molecular flexibility index (Phi) is 6.04. The number of hydrogen-bond acceptors (Lipinski definition) is 1. The fourth-order valence-electron chi connectivity index (χ4n) is 4.68. The number of rotatable bonds is 1. The van der Waals surface area contributed by atoms with Crippen LogP contribution in [-0.2, 0) is 31.7 Å². The molecule has 1 aliphatic carbocycles. The first kappa shape index (κ1) is 26.2. The van der Waals surface area contributed by atoms with Crippen LogP contribution >= 0.6 is 0 Å². The number of fused-ring (bicyclic) bond motifs is 4. The molecule has 0 aliphatic heterocycles. The van der Waals surface area contributed by atoms with E-state index >= 15 is 0 Å². The van der Waals surface area contributed by atoms with Gasteiger partial charge in [0.05, 0.1) is 5.56 Å². The van der Waals surface area contributed by atoms with Gasteiger partial charge in [-0.25, -0.2) is 0 Å². The maximum absolute atomic E-state index is 14.5. The van der Waals surface area contributed by atoms with Crippen LogP contribution in [0.3, 0.4) is 0 Å². The van der Waals surface area contributed by atoms with E-state index in [2.05, 4.69) is 11.1 Å². The molecule has 4 aromatic rings. The second-order valence-corrected chi connectivity index (χ2v) is 8.06. The Morgan fingerprint density at radius 3 is 2.00 bits per heavy atom. The summed E-state index contributed by atoms with van der Waals surface area (Å²) >= 11 is 0. The third-order valence-corrected chi connectivity index (χ3v) is 6.18. The number of aromatic nitrogens is 1. The van der Waals surface area contributed by atoms with Crippen LogP contribution in [0.2, 0.25) is 0 Å².